The summed E-state index contributed by atoms with van der Waals surface area (Å²) < 4.78 is 45.3. The van der Waals surface area contributed by atoms with Gasteiger partial charge in [-0.3, -0.25) is 4.79 Å². The van der Waals surface area contributed by atoms with E-state index in [2.05, 4.69) is 9.97 Å². The van der Waals surface area contributed by atoms with Gasteiger partial charge in [0.1, 0.15) is 5.58 Å². The van der Waals surface area contributed by atoms with Gasteiger partial charge in [0.2, 0.25) is 0 Å². The number of rotatable bonds is 5. The first-order chi connectivity index (χ1) is 16.9. The minimum atomic E-state index is -4.39. The zero-order valence-corrected chi connectivity index (χ0v) is 19.4. The molecule has 1 aliphatic rings. The molecule has 2 aromatic carbocycles. The van der Waals surface area contributed by atoms with E-state index in [0.717, 1.165) is 23.1 Å². The van der Waals surface area contributed by atoms with Gasteiger partial charge in [0.25, 0.3) is 5.91 Å². The molecule has 0 atom stereocenters. The van der Waals surface area contributed by atoms with E-state index >= 15 is 0 Å². The van der Waals surface area contributed by atoms with Crippen molar-refractivity contribution in [2.24, 2.45) is 0 Å². The molecule has 3 heterocycles. The third-order valence-corrected chi connectivity index (χ3v) is 6.79. The Hall–Kier alpha value is -3.53. The number of carbonyl (C=O) groups excluding carboxylic acids is 1. The predicted octanol–water partition coefficient (Wildman–Crippen LogP) is 5.50. The molecule has 0 radical (unpaired) electrons. The first-order valence-electron chi connectivity index (χ1n) is 11.0. The zero-order chi connectivity index (χ0) is 24.4. The summed E-state index contributed by atoms with van der Waals surface area (Å²) >= 11 is 1.42. The lowest BCUT2D eigenvalue weighted by Crippen LogP contribution is -2.49. The largest absolute Gasteiger partial charge is 0.451 e. The number of aromatic nitrogens is 2. The minimum absolute atomic E-state index is 0.227. The van der Waals surface area contributed by atoms with E-state index in [0.29, 0.717) is 48.4 Å². The van der Waals surface area contributed by atoms with Crippen molar-refractivity contribution in [1.82, 2.24) is 14.9 Å². The molecule has 1 fully saturated rings. The Morgan fingerprint density at radius 2 is 1.71 bits per heavy atom. The topological polar surface area (TPSA) is 62.5 Å². The third kappa shape index (κ3) is 4.97. The summed E-state index contributed by atoms with van der Waals surface area (Å²) in [6.45, 7) is 1.60. The van der Waals surface area contributed by atoms with Crippen LogP contribution in [-0.4, -0.2) is 47.0 Å². The Bertz CT molecular complexity index is 1340. The SMILES string of the molecule is O=C(c1oc2ccccc2c1CSc1ncccn1)N1CCN(c2cccc(C(F)(F)F)c2)CC1. The number of halogens is 3. The van der Waals surface area contributed by atoms with Crippen LogP contribution >= 0.6 is 11.8 Å². The predicted molar refractivity (Wildman–Crippen MR) is 127 cm³/mol. The van der Waals surface area contributed by atoms with E-state index in [-0.39, 0.29) is 11.7 Å². The highest BCUT2D eigenvalue weighted by Gasteiger charge is 2.32. The Balaban J connectivity index is 1.33. The average Bonchev–Trinajstić information content (AvgIpc) is 3.26. The van der Waals surface area contributed by atoms with Crippen LogP contribution in [0.2, 0.25) is 0 Å². The van der Waals surface area contributed by atoms with Crippen LogP contribution in [0.15, 0.2) is 76.6 Å². The monoisotopic (exact) mass is 498 g/mol. The summed E-state index contributed by atoms with van der Waals surface area (Å²) in [6.07, 6.45) is -1.06. The molecule has 0 unspecified atom stereocenters. The van der Waals surface area contributed by atoms with Crippen LogP contribution in [0.5, 0.6) is 0 Å². The van der Waals surface area contributed by atoms with Gasteiger partial charge in [-0.2, -0.15) is 13.2 Å². The maximum Gasteiger partial charge on any atom is 0.416 e. The smallest absolute Gasteiger partial charge is 0.416 e. The Kier molecular flexibility index (Phi) is 6.38. The van der Waals surface area contributed by atoms with Crippen molar-refractivity contribution >= 4 is 34.3 Å². The lowest BCUT2D eigenvalue weighted by atomic mass is 10.1. The molecule has 5 rings (SSSR count). The van der Waals surface area contributed by atoms with E-state index < -0.39 is 11.7 Å². The lowest BCUT2D eigenvalue weighted by molar-refractivity contribution is -0.137. The number of alkyl halides is 3. The first kappa shape index (κ1) is 23.2. The quantitative estimate of drug-likeness (QED) is 0.268. The van der Waals surface area contributed by atoms with Crippen LogP contribution < -0.4 is 4.90 Å². The van der Waals surface area contributed by atoms with Gasteiger partial charge in [-0.15, -0.1) is 0 Å². The zero-order valence-electron chi connectivity index (χ0n) is 18.5. The molecule has 1 saturated heterocycles. The highest BCUT2D eigenvalue weighted by atomic mass is 32.2. The van der Waals surface area contributed by atoms with Crippen LogP contribution in [-0.2, 0) is 11.9 Å². The summed E-state index contributed by atoms with van der Waals surface area (Å²) in [5.41, 5.74) is 1.22. The number of piperazine rings is 1. The van der Waals surface area contributed by atoms with Crippen molar-refractivity contribution in [3.05, 3.63) is 83.9 Å². The molecule has 1 amide bonds. The second-order valence-corrected chi connectivity index (χ2v) is 9.00. The van der Waals surface area contributed by atoms with Crippen molar-refractivity contribution in [1.29, 1.82) is 0 Å². The lowest BCUT2D eigenvalue weighted by Gasteiger charge is -2.36. The first-order valence-corrected chi connectivity index (χ1v) is 12.0. The molecule has 2 aromatic heterocycles. The van der Waals surface area contributed by atoms with Crippen LogP contribution in [0.25, 0.3) is 11.0 Å². The Morgan fingerprint density at radius 1 is 0.971 bits per heavy atom. The molecule has 10 heteroatoms. The molecule has 6 nitrogen and oxygen atoms in total. The number of furan rings is 1. The van der Waals surface area contributed by atoms with E-state index in [1.165, 1.54) is 17.8 Å². The molecule has 0 bridgehead atoms. The molecule has 0 aliphatic carbocycles. The van der Waals surface area contributed by atoms with Crippen molar-refractivity contribution in [3.63, 3.8) is 0 Å². The van der Waals surface area contributed by atoms with Gasteiger partial charge < -0.3 is 14.2 Å². The van der Waals surface area contributed by atoms with Gasteiger partial charge in [-0.25, -0.2) is 9.97 Å². The maximum atomic E-state index is 13.5. The maximum absolute atomic E-state index is 13.5. The standard InChI is InChI=1S/C25H21F3N4O2S/c26-25(27,28)17-5-3-6-18(15-17)31-11-13-32(14-12-31)23(33)22-20(16-35-24-29-9-4-10-30-24)19-7-1-2-8-21(19)34-22/h1-10,15H,11-14,16H2. The summed E-state index contributed by atoms with van der Waals surface area (Å²) in [7, 11) is 0. The van der Waals surface area contributed by atoms with E-state index in [4.69, 9.17) is 4.42 Å². The number of benzene rings is 2. The fourth-order valence-corrected chi connectivity index (χ4v) is 4.93. The van der Waals surface area contributed by atoms with Gasteiger partial charge >= 0.3 is 6.18 Å². The number of fused-ring (bicyclic) bond motifs is 1. The molecule has 4 aromatic rings. The molecule has 180 valence electrons. The van der Waals surface area contributed by atoms with Gasteiger partial charge in [0.15, 0.2) is 10.9 Å². The van der Waals surface area contributed by atoms with Crippen LogP contribution in [0, 0.1) is 0 Å². The Labute approximate surface area is 203 Å². The second kappa shape index (κ2) is 9.61. The minimum Gasteiger partial charge on any atom is -0.451 e. The number of anilines is 1. The molecule has 0 spiro atoms. The van der Waals surface area contributed by atoms with Gasteiger partial charge in [0, 0.05) is 61.0 Å². The van der Waals surface area contributed by atoms with Crippen LogP contribution in [0.4, 0.5) is 18.9 Å². The van der Waals surface area contributed by atoms with E-state index in [9.17, 15) is 18.0 Å². The summed E-state index contributed by atoms with van der Waals surface area (Å²) in [5.74, 6) is 0.517. The highest BCUT2D eigenvalue weighted by molar-refractivity contribution is 7.98. The molecular weight excluding hydrogens is 477 g/mol. The van der Waals surface area contributed by atoms with E-state index in [1.807, 2.05) is 29.2 Å². The summed E-state index contributed by atoms with van der Waals surface area (Å²) in [4.78, 5) is 25.5. The fourth-order valence-electron chi connectivity index (χ4n) is 4.10. The third-order valence-electron chi connectivity index (χ3n) is 5.89. The van der Waals surface area contributed by atoms with Crippen molar-refractivity contribution in [2.75, 3.05) is 31.1 Å². The number of hydrogen-bond donors (Lipinski definition) is 0. The second-order valence-electron chi connectivity index (χ2n) is 8.05. The average molecular weight is 499 g/mol. The number of nitrogens with zero attached hydrogens (tertiary/aromatic N) is 4. The number of amides is 1. The van der Waals surface area contributed by atoms with Crippen molar-refractivity contribution in [3.8, 4) is 0 Å². The van der Waals surface area contributed by atoms with Crippen LogP contribution in [0.1, 0.15) is 21.7 Å². The van der Waals surface area contributed by atoms with E-state index in [1.54, 1.807) is 29.4 Å². The molecule has 1 aliphatic heterocycles. The normalized spacial score (nSPS) is 14.5. The molecule has 0 saturated carbocycles. The summed E-state index contributed by atoms with van der Waals surface area (Å²) in [6, 6.07) is 14.5. The van der Waals surface area contributed by atoms with Gasteiger partial charge in [-0.05, 0) is 30.3 Å². The number of para-hydroxylation sites is 1. The van der Waals surface area contributed by atoms with Gasteiger partial charge in [0.05, 0.1) is 5.56 Å². The highest BCUT2D eigenvalue weighted by Crippen LogP contribution is 2.33. The van der Waals surface area contributed by atoms with Crippen molar-refractivity contribution < 1.29 is 22.4 Å². The van der Waals surface area contributed by atoms with Crippen LogP contribution in [0.3, 0.4) is 0 Å². The Morgan fingerprint density at radius 3 is 2.46 bits per heavy atom. The molecule has 0 N–H and O–H groups in total. The fraction of sp³-hybridized carbons (Fsp3) is 0.240. The summed E-state index contributed by atoms with van der Waals surface area (Å²) in [5, 5.41) is 1.47. The van der Waals surface area contributed by atoms with Gasteiger partial charge in [-0.1, -0.05) is 36.0 Å². The molecule has 35 heavy (non-hydrogen) atoms. The number of hydrogen-bond acceptors (Lipinski definition) is 6. The number of thioether (sulfide) groups is 1. The number of carbonyl (C=O) groups is 1. The van der Waals surface area contributed by atoms with Crippen molar-refractivity contribution in [2.45, 2.75) is 17.1 Å². The molecular formula is C25H21F3N4O2S.